The first-order valence-electron chi connectivity index (χ1n) is 5.06. The number of esters is 1. The number of hydrogen-bond acceptors (Lipinski definition) is 6. The van der Waals surface area contributed by atoms with Crippen molar-refractivity contribution in [2.45, 2.75) is 25.6 Å². The van der Waals surface area contributed by atoms with E-state index >= 15 is 0 Å². The number of hydrogen-bond donors (Lipinski definition) is 2. The fourth-order valence-corrected chi connectivity index (χ4v) is 1.32. The van der Waals surface area contributed by atoms with Gasteiger partial charge >= 0.3 is 5.97 Å². The van der Waals surface area contributed by atoms with Gasteiger partial charge in [-0.25, -0.2) is 0 Å². The summed E-state index contributed by atoms with van der Waals surface area (Å²) in [5.74, 6) is 0.164. The molecule has 0 aliphatic carbocycles. The molecule has 92 valence electrons. The summed E-state index contributed by atoms with van der Waals surface area (Å²) in [4.78, 5) is 11.3. The first kappa shape index (κ1) is 13.2. The van der Waals surface area contributed by atoms with E-state index in [0.29, 0.717) is 5.76 Å². The van der Waals surface area contributed by atoms with Crippen molar-refractivity contribution in [3.05, 3.63) is 23.7 Å². The van der Waals surface area contributed by atoms with Crippen LogP contribution in [-0.4, -0.2) is 30.3 Å². The van der Waals surface area contributed by atoms with E-state index < -0.39 is 18.1 Å². The average molecular weight is 238 g/mol. The number of ether oxygens (including phenoxy) is 1. The minimum atomic E-state index is -0.882. The van der Waals surface area contributed by atoms with Gasteiger partial charge in [-0.15, -0.1) is 0 Å². The predicted molar refractivity (Wildman–Crippen MR) is 57.7 cm³/mol. The van der Waals surface area contributed by atoms with E-state index in [1.807, 2.05) is 6.07 Å². The molecule has 0 saturated carbocycles. The second-order valence-electron chi connectivity index (χ2n) is 3.50. The van der Waals surface area contributed by atoms with Gasteiger partial charge in [0.05, 0.1) is 19.8 Å². The lowest BCUT2D eigenvalue weighted by molar-refractivity contribution is -0.145. The number of furan rings is 1. The number of nitriles is 1. The van der Waals surface area contributed by atoms with Crippen LogP contribution in [-0.2, 0) is 16.1 Å². The molecule has 1 aromatic rings. The van der Waals surface area contributed by atoms with Crippen molar-refractivity contribution in [3.8, 4) is 6.07 Å². The molecule has 0 aliphatic rings. The maximum Gasteiger partial charge on any atom is 0.325 e. The first-order valence-corrected chi connectivity index (χ1v) is 5.06. The van der Waals surface area contributed by atoms with Crippen molar-refractivity contribution in [1.29, 1.82) is 5.26 Å². The van der Waals surface area contributed by atoms with Gasteiger partial charge in [0.15, 0.2) is 0 Å². The molecular weight excluding hydrogens is 224 g/mol. The number of nitrogens with one attached hydrogen (secondary N) is 1. The molecule has 0 aliphatic heterocycles. The monoisotopic (exact) mass is 238 g/mol. The number of aliphatic hydroxyl groups excluding tert-OH is 1. The summed E-state index contributed by atoms with van der Waals surface area (Å²) in [6.07, 6.45) is -0.882. The third-order valence-electron chi connectivity index (χ3n) is 2.21. The summed E-state index contributed by atoms with van der Waals surface area (Å²) in [5, 5.41) is 20.8. The smallest absolute Gasteiger partial charge is 0.325 e. The van der Waals surface area contributed by atoms with Crippen LogP contribution in [0.1, 0.15) is 18.4 Å². The number of carbonyl (C=O) groups is 1. The highest BCUT2D eigenvalue weighted by Gasteiger charge is 2.24. The lowest BCUT2D eigenvalue weighted by atomic mass is 10.2. The molecule has 6 nitrogen and oxygen atoms in total. The van der Waals surface area contributed by atoms with Crippen molar-refractivity contribution >= 4 is 5.97 Å². The van der Waals surface area contributed by atoms with Crippen LogP contribution in [0, 0.1) is 11.3 Å². The maximum atomic E-state index is 11.3. The third kappa shape index (κ3) is 3.59. The van der Waals surface area contributed by atoms with Crippen LogP contribution in [0.25, 0.3) is 0 Å². The lowest BCUT2D eigenvalue weighted by Crippen LogP contribution is -2.45. The van der Waals surface area contributed by atoms with Crippen molar-refractivity contribution < 1.29 is 19.1 Å². The molecule has 6 heteroatoms. The molecule has 0 fully saturated rings. The molecule has 0 amide bonds. The van der Waals surface area contributed by atoms with Gasteiger partial charge in [-0.2, -0.15) is 5.26 Å². The Hall–Kier alpha value is -1.84. The van der Waals surface area contributed by atoms with E-state index in [0.717, 1.165) is 0 Å². The Bertz CT molecular complexity index is 419. The van der Waals surface area contributed by atoms with Gasteiger partial charge in [0.1, 0.15) is 17.9 Å². The van der Waals surface area contributed by atoms with Crippen LogP contribution in [0.4, 0.5) is 0 Å². The van der Waals surface area contributed by atoms with Crippen LogP contribution >= 0.6 is 0 Å². The molecule has 0 aromatic carbocycles. The molecule has 0 unspecified atom stereocenters. The Morgan fingerprint density at radius 1 is 1.71 bits per heavy atom. The number of carbonyl (C=O) groups excluding carboxylic acids is 1. The minimum Gasteiger partial charge on any atom is -0.468 e. The van der Waals surface area contributed by atoms with Crippen molar-refractivity contribution in [2.24, 2.45) is 0 Å². The SMILES string of the molecule is COC(=O)[C@H](NCc1ccc(C#N)o1)[C@H](C)O. The Morgan fingerprint density at radius 2 is 2.41 bits per heavy atom. The van der Waals surface area contributed by atoms with Gasteiger partial charge in [-0.1, -0.05) is 0 Å². The lowest BCUT2D eigenvalue weighted by Gasteiger charge is -2.18. The van der Waals surface area contributed by atoms with Gasteiger partial charge in [0, 0.05) is 0 Å². The Kier molecular flexibility index (Phi) is 4.69. The molecule has 1 rings (SSSR count). The molecule has 0 spiro atoms. The van der Waals surface area contributed by atoms with E-state index in [1.54, 1.807) is 6.07 Å². The minimum absolute atomic E-state index is 0.202. The molecule has 2 N–H and O–H groups in total. The summed E-state index contributed by atoms with van der Waals surface area (Å²) >= 11 is 0. The second-order valence-corrected chi connectivity index (χ2v) is 3.50. The van der Waals surface area contributed by atoms with E-state index in [9.17, 15) is 9.90 Å². The van der Waals surface area contributed by atoms with E-state index in [2.05, 4.69) is 10.1 Å². The Balaban J connectivity index is 2.58. The highest BCUT2D eigenvalue weighted by molar-refractivity contribution is 5.76. The molecule has 17 heavy (non-hydrogen) atoms. The fraction of sp³-hybridized carbons (Fsp3) is 0.455. The standard InChI is InChI=1S/C11H14N2O4/c1-7(14)10(11(15)16-2)13-6-9-4-3-8(5-12)17-9/h3-4,7,10,13-14H,6H2,1-2H3/t7-,10+/m0/s1. The maximum absolute atomic E-state index is 11.3. The summed E-state index contributed by atoms with van der Waals surface area (Å²) in [6.45, 7) is 1.71. The van der Waals surface area contributed by atoms with Gasteiger partial charge in [-0.3, -0.25) is 10.1 Å². The number of rotatable bonds is 5. The summed E-state index contributed by atoms with van der Waals surface area (Å²) < 4.78 is 9.66. The van der Waals surface area contributed by atoms with E-state index in [1.165, 1.54) is 20.1 Å². The molecule has 1 aromatic heterocycles. The summed E-state index contributed by atoms with van der Waals surface area (Å²) in [5.41, 5.74) is 0. The van der Waals surface area contributed by atoms with E-state index in [-0.39, 0.29) is 12.3 Å². The Labute approximate surface area is 98.8 Å². The number of aliphatic hydroxyl groups is 1. The van der Waals surface area contributed by atoms with Crippen LogP contribution in [0.2, 0.25) is 0 Å². The topological polar surface area (TPSA) is 95.5 Å². The van der Waals surface area contributed by atoms with Crippen LogP contribution in [0.15, 0.2) is 16.5 Å². The molecule has 1 heterocycles. The number of methoxy groups -OCH3 is 1. The van der Waals surface area contributed by atoms with E-state index in [4.69, 9.17) is 9.68 Å². The third-order valence-corrected chi connectivity index (χ3v) is 2.21. The van der Waals surface area contributed by atoms with Crippen molar-refractivity contribution in [1.82, 2.24) is 5.32 Å². The zero-order valence-corrected chi connectivity index (χ0v) is 9.64. The van der Waals surface area contributed by atoms with Crippen molar-refractivity contribution in [2.75, 3.05) is 7.11 Å². The van der Waals surface area contributed by atoms with Crippen LogP contribution in [0.5, 0.6) is 0 Å². The highest BCUT2D eigenvalue weighted by atomic mass is 16.5. The zero-order chi connectivity index (χ0) is 12.8. The second kappa shape index (κ2) is 6.03. The fourth-order valence-electron chi connectivity index (χ4n) is 1.32. The number of nitrogens with zero attached hydrogens (tertiary/aromatic N) is 1. The molecule has 0 saturated heterocycles. The van der Waals surface area contributed by atoms with Gasteiger partial charge in [0.2, 0.25) is 5.76 Å². The van der Waals surface area contributed by atoms with Gasteiger partial charge < -0.3 is 14.3 Å². The summed E-state index contributed by atoms with van der Waals surface area (Å²) in [6, 6.07) is 4.19. The molecule has 2 atom stereocenters. The normalized spacial score (nSPS) is 13.8. The Morgan fingerprint density at radius 3 is 2.88 bits per heavy atom. The highest BCUT2D eigenvalue weighted by Crippen LogP contribution is 2.07. The first-order chi connectivity index (χ1) is 8.08. The molecular formula is C11H14N2O4. The zero-order valence-electron chi connectivity index (χ0n) is 9.64. The van der Waals surface area contributed by atoms with Crippen LogP contribution in [0.3, 0.4) is 0 Å². The van der Waals surface area contributed by atoms with Gasteiger partial charge in [0.25, 0.3) is 0 Å². The van der Waals surface area contributed by atoms with Gasteiger partial charge in [-0.05, 0) is 19.1 Å². The predicted octanol–water partition coefficient (Wildman–Crippen LogP) is 0.163. The quantitative estimate of drug-likeness (QED) is 0.709. The molecule has 0 bridgehead atoms. The van der Waals surface area contributed by atoms with Crippen molar-refractivity contribution in [3.63, 3.8) is 0 Å². The molecule has 0 radical (unpaired) electrons. The summed E-state index contributed by atoms with van der Waals surface area (Å²) in [7, 11) is 1.25. The largest absolute Gasteiger partial charge is 0.468 e. The average Bonchev–Trinajstić information content (AvgIpc) is 2.76. The van der Waals surface area contributed by atoms with Crippen LogP contribution < -0.4 is 5.32 Å².